The Balaban J connectivity index is 1.18. The van der Waals surface area contributed by atoms with Gasteiger partial charge >= 0.3 is 0 Å². The fourth-order valence-corrected chi connectivity index (χ4v) is 5.50. The van der Waals surface area contributed by atoms with Crippen LogP contribution in [0.25, 0.3) is 0 Å². The highest BCUT2D eigenvalue weighted by Crippen LogP contribution is 2.20. The summed E-state index contributed by atoms with van der Waals surface area (Å²) in [4.78, 5) is 0. The van der Waals surface area contributed by atoms with Crippen molar-refractivity contribution >= 4 is 21.6 Å². The molecule has 4 nitrogen and oxygen atoms in total. The van der Waals surface area contributed by atoms with Crippen LogP contribution >= 0.6 is 21.6 Å². The molecule has 2 N–H and O–H groups in total. The standard InChI is InChI=1S/C30H48N2O2S2/c1(11-19-31-27-29-15-7-5-8-16-29)3-13-21-33-23-25-35-36-26-24-34-22-14-4-2-12-20-32-28-30-17-9-6-10-18-30/h5-10,15-18,31-32H,1-4,11-14,19-28H2. The molecule has 0 saturated heterocycles. The maximum atomic E-state index is 5.76. The van der Waals surface area contributed by atoms with Crippen LogP contribution < -0.4 is 10.6 Å². The Bertz CT molecular complexity index is 645. The molecule has 0 amide bonds. The second-order valence-electron chi connectivity index (χ2n) is 9.02. The number of nitrogens with one attached hydrogen (secondary N) is 2. The van der Waals surface area contributed by atoms with E-state index < -0.39 is 0 Å². The topological polar surface area (TPSA) is 42.5 Å². The minimum atomic E-state index is 0.858. The molecule has 0 saturated carbocycles. The summed E-state index contributed by atoms with van der Waals surface area (Å²) in [5.41, 5.74) is 2.72. The molecule has 2 aromatic carbocycles. The van der Waals surface area contributed by atoms with Crippen molar-refractivity contribution < 1.29 is 9.47 Å². The molecule has 2 aromatic rings. The van der Waals surface area contributed by atoms with Crippen molar-refractivity contribution in [2.75, 3.05) is 51.0 Å². The van der Waals surface area contributed by atoms with Crippen LogP contribution in [0.1, 0.15) is 62.5 Å². The van der Waals surface area contributed by atoms with Gasteiger partial charge in [0, 0.05) is 37.8 Å². The Hall–Kier alpha value is -1.02. The maximum absolute atomic E-state index is 5.76. The minimum Gasteiger partial charge on any atom is -0.381 e. The van der Waals surface area contributed by atoms with Gasteiger partial charge < -0.3 is 20.1 Å². The van der Waals surface area contributed by atoms with Crippen LogP contribution in [0.3, 0.4) is 0 Å². The van der Waals surface area contributed by atoms with Crippen LogP contribution in [0.4, 0.5) is 0 Å². The molecule has 0 radical (unpaired) electrons. The van der Waals surface area contributed by atoms with Crippen molar-refractivity contribution in [1.82, 2.24) is 10.6 Å². The molecule has 0 aromatic heterocycles. The van der Waals surface area contributed by atoms with Gasteiger partial charge in [0.2, 0.25) is 0 Å². The quantitative estimate of drug-likeness (QED) is 0.105. The lowest BCUT2D eigenvalue weighted by molar-refractivity contribution is 0.145. The Morgan fingerprint density at radius 3 is 1.33 bits per heavy atom. The molecule has 0 spiro atoms. The van der Waals surface area contributed by atoms with Crippen molar-refractivity contribution in [3.63, 3.8) is 0 Å². The smallest absolute Gasteiger partial charge is 0.0565 e. The third-order valence-corrected chi connectivity index (χ3v) is 8.17. The van der Waals surface area contributed by atoms with E-state index in [-0.39, 0.29) is 0 Å². The number of rotatable bonds is 25. The fraction of sp³-hybridized carbons (Fsp3) is 0.600. The van der Waals surface area contributed by atoms with Crippen molar-refractivity contribution in [2.24, 2.45) is 0 Å². The first-order chi connectivity index (χ1) is 17.9. The van der Waals surface area contributed by atoms with E-state index in [1.165, 1.54) is 62.5 Å². The van der Waals surface area contributed by atoms with Gasteiger partial charge in [-0.3, -0.25) is 0 Å². The summed E-state index contributed by atoms with van der Waals surface area (Å²) in [5.74, 6) is 2.12. The molecule has 202 valence electrons. The fourth-order valence-electron chi connectivity index (χ4n) is 3.78. The summed E-state index contributed by atoms with van der Waals surface area (Å²) in [6.07, 6.45) is 9.92. The highest BCUT2D eigenvalue weighted by atomic mass is 33.1. The highest BCUT2D eigenvalue weighted by molar-refractivity contribution is 8.76. The van der Waals surface area contributed by atoms with Crippen LogP contribution in [0.2, 0.25) is 0 Å². The molecule has 36 heavy (non-hydrogen) atoms. The molecule has 0 unspecified atom stereocenters. The maximum Gasteiger partial charge on any atom is 0.0565 e. The number of ether oxygens (including phenoxy) is 2. The number of benzene rings is 2. The summed E-state index contributed by atoms with van der Waals surface area (Å²) < 4.78 is 11.5. The van der Waals surface area contributed by atoms with Gasteiger partial charge in [-0.15, -0.1) is 0 Å². The van der Waals surface area contributed by atoms with Gasteiger partial charge in [0.25, 0.3) is 0 Å². The third kappa shape index (κ3) is 19.1. The summed E-state index contributed by atoms with van der Waals surface area (Å²) in [7, 11) is 3.81. The first kappa shape index (κ1) is 31.2. The first-order valence-corrected chi connectivity index (χ1v) is 16.3. The second kappa shape index (κ2) is 24.3. The Kier molecular flexibility index (Phi) is 21.1. The molecule has 6 heteroatoms. The van der Waals surface area contributed by atoms with Gasteiger partial charge in [-0.05, 0) is 49.9 Å². The van der Waals surface area contributed by atoms with E-state index in [1.54, 1.807) is 0 Å². The van der Waals surface area contributed by atoms with Crippen LogP contribution in [0.15, 0.2) is 60.7 Å². The summed E-state index contributed by atoms with van der Waals surface area (Å²) in [6.45, 7) is 7.65. The van der Waals surface area contributed by atoms with E-state index in [2.05, 4.69) is 71.3 Å². The molecular formula is C30H48N2O2S2. The van der Waals surface area contributed by atoms with Gasteiger partial charge in [-0.1, -0.05) is 108 Å². The van der Waals surface area contributed by atoms with E-state index >= 15 is 0 Å². The molecule has 0 aliphatic heterocycles. The average molecular weight is 533 g/mol. The number of unbranched alkanes of at least 4 members (excludes halogenated alkanes) is 6. The van der Waals surface area contributed by atoms with E-state index in [0.29, 0.717) is 0 Å². The Labute approximate surface area is 228 Å². The summed E-state index contributed by atoms with van der Waals surface area (Å²) in [6, 6.07) is 21.2. The number of hydrogen-bond donors (Lipinski definition) is 2. The van der Waals surface area contributed by atoms with Gasteiger partial charge in [-0.25, -0.2) is 0 Å². The average Bonchev–Trinajstić information content (AvgIpc) is 2.92. The largest absolute Gasteiger partial charge is 0.381 e. The van der Waals surface area contributed by atoms with E-state index in [1.807, 2.05) is 21.6 Å². The molecule has 0 heterocycles. The van der Waals surface area contributed by atoms with Gasteiger partial charge in [0.1, 0.15) is 0 Å². The normalized spacial score (nSPS) is 11.2. The zero-order valence-corrected chi connectivity index (χ0v) is 23.8. The van der Waals surface area contributed by atoms with E-state index in [0.717, 1.165) is 64.1 Å². The minimum absolute atomic E-state index is 0.858. The van der Waals surface area contributed by atoms with Crippen LogP contribution in [-0.2, 0) is 22.6 Å². The van der Waals surface area contributed by atoms with E-state index in [4.69, 9.17) is 9.47 Å². The molecule has 2 rings (SSSR count). The van der Waals surface area contributed by atoms with Crippen molar-refractivity contribution in [2.45, 2.75) is 64.5 Å². The van der Waals surface area contributed by atoms with E-state index in [9.17, 15) is 0 Å². The lowest BCUT2D eigenvalue weighted by Crippen LogP contribution is -2.14. The summed E-state index contributed by atoms with van der Waals surface area (Å²) in [5, 5.41) is 7.04. The van der Waals surface area contributed by atoms with Crippen LogP contribution in [0, 0.1) is 0 Å². The molecule has 0 aliphatic rings. The molecule has 0 aliphatic carbocycles. The first-order valence-electron chi connectivity index (χ1n) is 13.8. The van der Waals surface area contributed by atoms with Gasteiger partial charge in [-0.2, -0.15) is 0 Å². The van der Waals surface area contributed by atoms with Gasteiger partial charge in [0.15, 0.2) is 0 Å². The summed E-state index contributed by atoms with van der Waals surface area (Å²) >= 11 is 0. The lowest BCUT2D eigenvalue weighted by Gasteiger charge is -2.07. The lowest BCUT2D eigenvalue weighted by atomic mass is 10.2. The molecule has 0 bridgehead atoms. The Morgan fingerprint density at radius 2 is 0.889 bits per heavy atom. The predicted octanol–water partition coefficient (Wildman–Crippen LogP) is 7.10. The molecule has 0 fully saturated rings. The molecular weight excluding hydrogens is 484 g/mol. The SMILES string of the molecule is c1ccc(CNCCCCCCOCCSSCCOCCCCCCNCc2ccccc2)cc1. The van der Waals surface area contributed by atoms with Crippen LogP contribution in [0.5, 0.6) is 0 Å². The van der Waals surface area contributed by atoms with Crippen molar-refractivity contribution in [3.8, 4) is 0 Å². The van der Waals surface area contributed by atoms with Crippen LogP contribution in [-0.4, -0.2) is 51.0 Å². The second-order valence-corrected chi connectivity index (χ2v) is 11.7. The third-order valence-electron chi connectivity index (χ3n) is 5.83. The van der Waals surface area contributed by atoms with Crippen molar-refractivity contribution in [3.05, 3.63) is 71.8 Å². The Morgan fingerprint density at radius 1 is 0.472 bits per heavy atom. The van der Waals surface area contributed by atoms with Crippen molar-refractivity contribution in [1.29, 1.82) is 0 Å². The monoisotopic (exact) mass is 532 g/mol. The van der Waals surface area contributed by atoms with Gasteiger partial charge in [0.05, 0.1) is 13.2 Å². The predicted molar refractivity (Wildman–Crippen MR) is 160 cm³/mol. The highest BCUT2D eigenvalue weighted by Gasteiger charge is 1.96. The molecule has 0 atom stereocenters. The zero-order chi connectivity index (χ0) is 25.2. The number of hydrogen-bond acceptors (Lipinski definition) is 6. The zero-order valence-electron chi connectivity index (χ0n) is 22.1.